The predicted octanol–water partition coefficient (Wildman–Crippen LogP) is 2.80. The van der Waals surface area contributed by atoms with Gasteiger partial charge in [-0.25, -0.2) is 4.98 Å². The van der Waals surface area contributed by atoms with Gasteiger partial charge in [-0.1, -0.05) is 6.07 Å². The van der Waals surface area contributed by atoms with Gasteiger partial charge < -0.3 is 15.2 Å². The molecule has 4 heteroatoms. The van der Waals surface area contributed by atoms with Crippen molar-refractivity contribution in [3.63, 3.8) is 0 Å². The van der Waals surface area contributed by atoms with Gasteiger partial charge >= 0.3 is 0 Å². The highest BCUT2D eigenvalue weighted by Crippen LogP contribution is 2.32. The fraction of sp³-hybridized carbons (Fsp3) is 0.0833. The number of nitrogens with one attached hydrogen (secondary N) is 1. The number of hydrogen-bond acceptors (Lipinski definition) is 3. The smallest absolute Gasteiger partial charge is 0.219 e. The molecule has 1 N–H and O–H groups in total. The van der Waals surface area contributed by atoms with Crippen LogP contribution in [0.15, 0.2) is 42.6 Å². The van der Waals surface area contributed by atoms with Crippen LogP contribution in [0.1, 0.15) is 0 Å². The van der Waals surface area contributed by atoms with E-state index in [-0.39, 0.29) is 0 Å². The molecule has 2 rings (SSSR count). The minimum atomic E-state index is 0.380. The minimum absolute atomic E-state index is 0.380. The molecule has 0 unspecified atom stereocenters. The van der Waals surface area contributed by atoms with E-state index in [2.05, 4.69) is 4.98 Å². The molecule has 1 heterocycles. The van der Waals surface area contributed by atoms with Gasteiger partial charge in [-0.05, 0) is 18.2 Å². The second-order valence-corrected chi connectivity index (χ2v) is 3.14. The fourth-order valence-electron chi connectivity index (χ4n) is 1.27. The summed E-state index contributed by atoms with van der Waals surface area (Å²) < 4.78 is 10.7. The third kappa shape index (κ3) is 2.23. The monoisotopic (exact) mass is 215 g/mol. The summed E-state index contributed by atoms with van der Waals surface area (Å²) in [5.41, 5.74) is 7.84. The number of methoxy groups -OCH3 is 1. The van der Waals surface area contributed by atoms with Crippen molar-refractivity contribution < 1.29 is 9.47 Å². The van der Waals surface area contributed by atoms with E-state index in [1.807, 2.05) is 12.1 Å². The first kappa shape index (κ1) is 10.3. The third-order valence-corrected chi connectivity index (χ3v) is 2.02. The van der Waals surface area contributed by atoms with Gasteiger partial charge in [-0.2, -0.15) is 0 Å². The lowest BCUT2D eigenvalue weighted by atomic mass is 10.3. The average Bonchev–Trinajstić information content (AvgIpc) is 2.33. The van der Waals surface area contributed by atoms with Gasteiger partial charge in [0.05, 0.1) is 12.8 Å². The summed E-state index contributed by atoms with van der Waals surface area (Å²) in [4.78, 5) is 4.05. The number of benzene rings is 1. The third-order valence-electron chi connectivity index (χ3n) is 2.02. The summed E-state index contributed by atoms with van der Waals surface area (Å²) in [5.74, 6) is 1.58. The van der Waals surface area contributed by atoms with Crippen LogP contribution in [0.3, 0.4) is 0 Å². The Hall–Kier alpha value is -2.23. The Labute approximate surface area is 93.6 Å². The van der Waals surface area contributed by atoms with Gasteiger partial charge in [-0.15, -0.1) is 0 Å². The quantitative estimate of drug-likeness (QED) is 0.791. The van der Waals surface area contributed by atoms with Crippen LogP contribution in [-0.4, -0.2) is 12.1 Å². The minimum Gasteiger partial charge on any atom is -0.493 e. The van der Waals surface area contributed by atoms with Gasteiger partial charge in [0.2, 0.25) is 5.88 Å². The van der Waals surface area contributed by atoms with Gasteiger partial charge in [-0.3, -0.25) is 0 Å². The van der Waals surface area contributed by atoms with Gasteiger partial charge in [0.25, 0.3) is 0 Å². The van der Waals surface area contributed by atoms with Crippen molar-refractivity contribution in [3.05, 3.63) is 42.6 Å². The van der Waals surface area contributed by atoms with E-state index >= 15 is 0 Å². The largest absolute Gasteiger partial charge is 0.493 e. The highest BCUT2D eigenvalue weighted by Gasteiger charge is 2.06. The zero-order valence-electron chi connectivity index (χ0n) is 8.81. The first-order valence-corrected chi connectivity index (χ1v) is 4.78. The van der Waals surface area contributed by atoms with E-state index in [0.29, 0.717) is 23.1 Å². The molecule has 0 saturated carbocycles. The Morgan fingerprint density at radius 1 is 1.12 bits per heavy atom. The van der Waals surface area contributed by atoms with Crippen LogP contribution in [0.2, 0.25) is 0 Å². The highest BCUT2D eigenvalue weighted by molar-refractivity contribution is 5.51. The molecule has 0 bridgehead atoms. The van der Waals surface area contributed by atoms with Crippen molar-refractivity contribution in [1.82, 2.24) is 10.7 Å². The molecule has 1 radical (unpaired) electrons. The molecule has 0 spiro atoms. The van der Waals surface area contributed by atoms with E-state index < -0.39 is 0 Å². The van der Waals surface area contributed by atoms with Crippen LogP contribution in [0, 0.1) is 0 Å². The van der Waals surface area contributed by atoms with Gasteiger partial charge in [0, 0.05) is 18.3 Å². The van der Waals surface area contributed by atoms with Crippen LogP contribution >= 0.6 is 0 Å². The van der Waals surface area contributed by atoms with E-state index in [0.717, 1.165) is 0 Å². The second kappa shape index (κ2) is 4.53. The first-order chi connectivity index (χ1) is 7.79. The van der Waals surface area contributed by atoms with Crippen molar-refractivity contribution in [3.8, 4) is 17.4 Å². The lowest BCUT2D eigenvalue weighted by Gasteiger charge is -2.09. The number of ether oxygens (including phenoxy) is 2. The summed E-state index contributed by atoms with van der Waals surface area (Å²) in [6.45, 7) is 0. The molecule has 1 aromatic carbocycles. The molecule has 0 aliphatic rings. The molecule has 0 atom stereocenters. The van der Waals surface area contributed by atoms with Crippen molar-refractivity contribution in [1.29, 1.82) is 0 Å². The topological polar surface area (TPSA) is 55.2 Å². The maximum Gasteiger partial charge on any atom is 0.219 e. The molecular formula is C12H11N2O2. The van der Waals surface area contributed by atoms with E-state index in [4.69, 9.17) is 15.2 Å². The molecule has 2 aromatic rings. The van der Waals surface area contributed by atoms with Gasteiger partial charge in [0.1, 0.15) is 0 Å². The lowest BCUT2D eigenvalue weighted by molar-refractivity contribution is 0.374. The van der Waals surface area contributed by atoms with Crippen LogP contribution in [0.5, 0.6) is 17.4 Å². The molecule has 0 saturated heterocycles. The summed E-state index contributed by atoms with van der Waals surface area (Å²) in [5, 5.41) is 0. The Morgan fingerprint density at radius 2 is 2.00 bits per heavy atom. The first-order valence-electron chi connectivity index (χ1n) is 4.78. The number of aromatic nitrogens is 1. The predicted molar refractivity (Wildman–Crippen MR) is 60.1 cm³/mol. The maximum absolute atomic E-state index is 7.46. The Bertz CT molecular complexity index is 472. The van der Waals surface area contributed by atoms with Crippen molar-refractivity contribution >= 4 is 5.69 Å². The lowest BCUT2D eigenvalue weighted by Crippen LogP contribution is -1.91. The summed E-state index contributed by atoms with van der Waals surface area (Å²) >= 11 is 0. The van der Waals surface area contributed by atoms with Crippen LogP contribution in [0.25, 0.3) is 0 Å². The number of nitrogens with zero attached hydrogens (tertiary/aromatic N) is 1. The molecule has 0 fully saturated rings. The summed E-state index contributed by atoms with van der Waals surface area (Å²) in [6.07, 6.45) is 1.65. The number of rotatable bonds is 3. The zero-order valence-corrected chi connectivity index (χ0v) is 8.81. The molecular weight excluding hydrogens is 204 g/mol. The molecule has 1 aromatic heterocycles. The van der Waals surface area contributed by atoms with Gasteiger partial charge in [0.15, 0.2) is 11.5 Å². The number of pyridine rings is 1. The second-order valence-electron chi connectivity index (χ2n) is 3.14. The van der Waals surface area contributed by atoms with Crippen molar-refractivity contribution in [2.75, 3.05) is 7.11 Å². The average molecular weight is 215 g/mol. The maximum atomic E-state index is 7.46. The Kier molecular flexibility index (Phi) is 2.91. The molecule has 0 amide bonds. The molecule has 81 valence electrons. The van der Waals surface area contributed by atoms with E-state index in [1.165, 1.54) is 0 Å². The SMILES string of the molecule is COc1cc([NH])ccc1Oc1ccccn1. The van der Waals surface area contributed by atoms with Crippen LogP contribution in [0.4, 0.5) is 5.69 Å². The summed E-state index contributed by atoms with van der Waals surface area (Å²) in [7, 11) is 1.54. The van der Waals surface area contributed by atoms with Crippen LogP contribution in [-0.2, 0) is 0 Å². The molecule has 16 heavy (non-hydrogen) atoms. The normalized spacial score (nSPS) is 9.81. The standard InChI is InChI=1S/C12H11N2O2/c1-15-11-8-9(13)5-6-10(11)16-12-4-2-3-7-14-12/h2-8,13H,1H3. The Balaban J connectivity index is 2.28. The molecule has 0 aliphatic heterocycles. The van der Waals surface area contributed by atoms with Crippen molar-refractivity contribution in [2.24, 2.45) is 0 Å². The Morgan fingerprint density at radius 3 is 2.69 bits per heavy atom. The van der Waals surface area contributed by atoms with Crippen molar-refractivity contribution in [2.45, 2.75) is 0 Å². The van der Waals surface area contributed by atoms with Crippen LogP contribution < -0.4 is 15.2 Å². The van der Waals surface area contributed by atoms with E-state index in [9.17, 15) is 0 Å². The zero-order chi connectivity index (χ0) is 11.4. The summed E-state index contributed by atoms with van der Waals surface area (Å²) in [6, 6.07) is 10.3. The molecule has 0 aliphatic carbocycles. The highest BCUT2D eigenvalue weighted by atomic mass is 16.5. The molecule has 4 nitrogen and oxygen atoms in total. The fourth-order valence-corrected chi connectivity index (χ4v) is 1.27. The van der Waals surface area contributed by atoms with E-state index in [1.54, 1.807) is 37.6 Å². The number of hydrogen-bond donors (Lipinski definition) is 0.